The number of carbonyl (C=O) groups is 1. The number of rotatable bonds is 5. The monoisotopic (exact) mass is 451 g/mol. The maximum absolute atomic E-state index is 15.0. The van der Waals surface area contributed by atoms with E-state index >= 15 is 4.39 Å². The molecule has 0 saturated carbocycles. The molecule has 0 spiro atoms. The van der Waals surface area contributed by atoms with E-state index in [1.165, 1.54) is 7.05 Å². The molecule has 0 heterocycles. The molecular weight excluding hydrogens is 433 g/mol. The van der Waals surface area contributed by atoms with Gasteiger partial charge >= 0.3 is 6.18 Å². The molecule has 4 nitrogen and oxygen atoms in total. The van der Waals surface area contributed by atoms with E-state index in [4.69, 9.17) is 11.6 Å². The van der Waals surface area contributed by atoms with E-state index in [1.54, 1.807) is 6.92 Å². The maximum Gasteiger partial charge on any atom is 0.421 e. The molecule has 10 heteroatoms. The highest BCUT2D eigenvalue weighted by molar-refractivity contribution is 6.33. The van der Waals surface area contributed by atoms with E-state index in [0.29, 0.717) is 12.0 Å². The molecule has 0 bridgehead atoms. The van der Waals surface area contributed by atoms with Crippen molar-refractivity contribution in [2.45, 2.75) is 32.0 Å². The largest absolute Gasteiger partial charge is 0.421 e. The number of carbonyl (C=O) groups excluding carboxylic acids is 1. The second-order valence-electron chi connectivity index (χ2n) is 6.68. The number of halogens is 6. The average Bonchev–Trinajstić information content (AvgIpc) is 2.65. The highest BCUT2D eigenvalue weighted by Crippen LogP contribution is 2.42. The number of hydroxylamine groups is 2. The molecule has 2 aromatic rings. The summed E-state index contributed by atoms with van der Waals surface area (Å²) in [5.41, 5.74) is -4.55. The number of aliphatic hydroxyl groups is 1. The lowest BCUT2D eigenvalue weighted by Gasteiger charge is -2.27. The van der Waals surface area contributed by atoms with E-state index in [-0.39, 0.29) is 28.1 Å². The molecule has 30 heavy (non-hydrogen) atoms. The summed E-state index contributed by atoms with van der Waals surface area (Å²) in [4.78, 5) is 16.9. The van der Waals surface area contributed by atoms with Gasteiger partial charge in [-0.05, 0) is 42.2 Å². The predicted octanol–water partition coefficient (Wildman–Crippen LogP) is 5.25. The fourth-order valence-electron chi connectivity index (χ4n) is 2.88. The predicted molar refractivity (Wildman–Crippen MR) is 101 cm³/mol. The average molecular weight is 452 g/mol. The number of nitrogens with zero attached hydrogens (tertiary/aromatic N) is 1. The Hall–Kier alpha value is -2.23. The highest BCUT2D eigenvalue weighted by Gasteiger charge is 2.51. The van der Waals surface area contributed by atoms with Gasteiger partial charge in [0, 0.05) is 17.6 Å². The van der Waals surface area contributed by atoms with Crippen molar-refractivity contribution in [3.05, 3.63) is 57.6 Å². The Morgan fingerprint density at radius 2 is 1.80 bits per heavy atom. The molecule has 0 fully saturated rings. The summed E-state index contributed by atoms with van der Waals surface area (Å²) in [5.74, 6) is -3.35. The lowest BCUT2D eigenvalue weighted by Crippen LogP contribution is -2.39. The molecule has 1 unspecified atom stereocenters. The van der Waals surface area contributed by atoms with E-state index in [2.05, 4.69) is 4.84 Å². The van der Waals surface area contributed by atoms with Gasteiger partial charge in [-0.3, -0.25) is 9.63 Å². The van der Waals surface area contributed by atoms with Crippen molar-refractivity contribution < 1.29 is 36.7 Å². The summed E-state index contributed by atoms with van der Waals surface area (Å²) in [7, 11) is 2.34. The fraction of sp³-hybridized carbons (Fsp3) is 0.350. The molecule has 0 aliphatic heterocycles. The Morgan fingerprint density at radius 3 is 2.27 bits per heavy atom. The van der Waals surface area contributed by atoms with Crippen molar-refractivity contribution in [3.63, 3.8) is 0 Å². The molecular formula is C20H19ClF5NO3. The Kier molecular flexibility index (Phi) is 6.80. The van der Waals surface area contributed by atoms with Gasteiger partial charge in [-0.25, -0.2) is 13.8 Å². The van der Waals surface area contributed by atoms with Crippen LogP contribution >= 0.6 is 11.6 Å². The van der Waals surface area contributed by atoms with Crippen LogP contribution in [0.1, 0.15) is 35.3 Å². The Morgan fingerprint density at radius 1 is 1.20 bits per heavy atom. The molecule has 0 aliphatic carbocycles. The summed E-state index contributed by atoms with van der Waals surface area (Å²) in [5, 5.41) is 10.2. The second-order valence-corrected chi connectivity index (χ2v) is 7.08. The number of hydrogen-bond donors (Lipinski definition) is 1. The van der Waals surface area contributed by atoms with Crippen LogP contribution in [0.25, 0.3) is 11.1 Å². The van der Waals surface area contributed by atoms with Crippen molar-refractivity contribution in [1.29, 1.82) is 0 Å². The normalized spacial score (nSPS) is 13.8. The third kappa shape index (κ3) is 4.14. The topological polar surface area (TPSA) is 49.8 Å². The first kappa shape index (κ1) is 24.0. The lowest BCUT2D eigenvalue weighted by atomic mass is 9.90. The van der Waals surface area contributed by atoms with Crippen molar-refractivity contribution in [2.24, 2.45) is 0 Å². The number of benzene rings is 2. The zero-order valence-corrected chi connectivity index (χ0v) is 17.3. The van der Waals surface area contributed by atoms with Gasteiger partial charge in [0.1, 0.15) is 17.2 Å². The maximum atomic E-state index is 15.0. The van der Waals surface area contributed by atoms with Crippen LogP contribution in [-0.2, 0) is 16.9 Å². The molecule has 1 N–H and O–H groups in total. The van der Waals surface area contributed by atoms with E-state index in [1.807, 2.05) is 0 Å². The second kappa shape index (κ2) is 8.49. The van der Waals surface area contributed by atoms with E-state index in [0.717, 1.165) is 31.4 Å². The SMILES string of the molecule is CCc1c(-c2ccc(C(C)(O)C(F)(F)F)cc2Cl)cc(F)c(C(=O)N(C)OC)c1F. The summed E-state index contributed by atoms with van der Waals surface area (Å²) in [6.07, 6.45) is -4.92. The minimum Gasteiger partial charge on any atom is -0.376 e. The van der Waals surface area contributed by atoms with Crippen molar-refractivity contribution in [3.8, 4) is 11.1 Å². The molecule has 2 rings (SSSR count). The Bertz CT molecular complexity index is 976. The van der Waals surface area contributed by atoms with Crippen LogP contribution in [0.15, 0.2) is 24.3 Å². The third-order valence-electron chi connectivity index (χ3n) is 4.82. The summed E-state index contributed by atoms with van der Waals surface area (Å²) < 4.78 is 68.9. The highest BCUT2D eigenvalue weighted by atomic mass is 35.5. The minimum absolute atomic E-state index is 0.0210. The lowest BCUT2D eigenvalue weighted by molar-refractivity contribution is -0.258. The molecule has 0 saturated heterocycles. The first-order valence-corrected chi connectivity index (χ1v) is 9.08. The van der Waals surface area contributed by atoms with Crippen molar-refractivity contribution >= 4 is 17.5 Å². The van der Waals surface area contributed by atoms with Crippen LogP contribution in [0.2, 0.25) is 5.02 Å². The minimum atomic E-state index is -4.96. The van der Waals surface area contributed by atoms with E-state index in [9.17, 15) is 27.5 Å². The zero-order valence-electron chi connectivity index (χ0n) is 16.5. The van der Waals surface area contributed by atoms with Gasteiger partial charge in [-0.1, -0.05) is 30.7 Å². The summed E-state index contributed by atoms with van der Waals surface area (Å²) in [6, 6.07) is 3.88. The summed E-state index contributed by atoms with van der Waals surface area (Å²) in [6.45, 7) is 2.13. The quantitative estimate of drug-likeness (QED) is 0.499. The van der Waals surface area contributed by atoms with Crippen molar-refractivity contribution in [2.75, 3.05) is 14.2 Å². The smallest absolute Gasteiger partial charge is 0.376 e. The molecule has 0 aromatic heterocycles. The Balaban J connectivity index is 2.67. The standard InChI is InChI=1S/C20H19ClF5NO3/c1-5-11-13(9-15(22)16(17(11)23)18(28)27(3)30-4)12-7-6-10(8-14(12)21)19(2,29)20(24,25)26/h6-9,29H,5H2,1-4H3. The van der Waals surface area contributed by atoms with Crippen LogP contribution in [0.4, 0.5) is 22.0 Å². The molecule has 1 atom stereocenters. The van der Waals surface area contributed by atoms with Gasteiger partial charge in [0.15, 0.2) is 5.60 Å². The van der Waals surface area contributed by atoms with Crippen LogP contribution in [0.3, 0.4) is 0 Å². The van der Waals surface area contributed by atoms with Gasteiger partial charge < -0.3 is 5.11 Å². The van der Waals surface area contributed by atoms with Gasteiger partial charge in [0.25, 0.3) is 5.91 Å². The Labute approximate surface area is 174 Å². The van der Waals surface area contributed by atoms with Gasteiger partial charge in [0.05, 0.1) is 7.11 Å². The number of amides is 1. The van der Waals surface area contributed by atoms with Crippen LogP contribution in [0.5, 0.6) is 0 Å². The van der Waals surface area contributed by atoms with Crippen LogP contribution in [0, 0.1) is 11.6 Å². The summed E-state index contributed by atoms with van der Waals surface area (Å²) >= 11 is 6.11. The molecule has 0 radical (unpaired) electrons. The van der Waals surface area contributed by atoms with Gasteiger partial charge in [0.2, 0.25) is 0 Å². The van der Waals surface area contributed by atoms with Gasteiger partial charge in [-0.15, -0.1) is 0 Å². The fourth-order valence-corrected chi connectivity index (χ4v) is 3.16. The number of alkyl halides is 3. The molecule has 2 aromatic carbocycles. The van der Waals surface area contributed by atoms with Crippen molar-refractivity contribution in [1.82, 2.24) is 5.06 Å². The van der Waals surface area contributed by atoms with E-state index < -0.39 is 40.4 Å². The van der Waals surface area contributed by atoms with Crippen LogP contribution < -0.4 is 0 Å². The number of hydrogen-bond acceptors (Lipinski definition) is 3. The molecule has 164 valence electrons. The van der Waals surface area contributed by atoms with Crippen LogP contribution in [-0.4, -0.2) is 36.4 Å². The zero-order chi connectivity index (χ0) is 23.0. The molecule has 1 amide bonds. The first-order chi connectivity index (χ1) is 13.8. The third-order valence-corrected chi connectivity index (χ3v) is 5.13. The first-order valence-electron chi connectivity index (χ1n) is 8.70. The van der Waals surface area contributed by atoms with Gasteiger partial charge in [-0.2, -0.15) is 13.2 Å². The molecule has 0 aliphatic rings.